The lowest BCUT2D eigenvalue weighted by molar-refractivity contribution is -0.137. The quantitative estimate of drug-likeness (QED) is 0.838. The van der Waals surface area contributed by atoms with Crippen molar-refractivity contribution in [1.29, 1.82) is 0 Å². The van der Waals surface area contributed by atoms with Gasteiger partial charge < -0.3 is 10.1 Å². The fraction of sp³-hybridized carbons (Fsp3) is 0.167. The number of aromatic nitrogens is 2. The molecular weight excluding hydrogens is 375 g/mol. The van der Waals surface area contributed by atoms with Crippen LogP contribution in [0.25, 0.3) is 0 Å². The van der Waals surface area contributed by atoms with Gasteiger partial charge in [0.1, 0.15) is 0 Å². The molecule has 112 valence electrons. The van der Waals surface area contributed by atoms with Gasteiger partial charge in [-0.1, -0.05) is 11.6 Å². The highest BCUT2D eigenvalue weighted by molar-refractivity contribution is 9.10. The summed E-state index contributed by atoms with van der Waals surface area (Å²) in [5.74, 6) is 0.364. The fourth-order valence-corrected chi connectivity index (χ4v) is 2.08. The molecule has 0 radical (unpaired) electrons. The Morgan fingerprint density at radius 3 is 2.67 bits per heavy atom. The van der Waals surface area contributed by atoms with Crippen molar-refractivity contribution in [3.05, 3.63) is 39.5 Å². The summed E-state index contributed by atoms with van der Waals surface area (Å²) in [6.07, 6.45) is -3.11. The molecule has 1 N–H and O–H groups in total. The SMILES string of the molecule is COc1nc(Nc2ccc(Cl)c(C(F)(F)F)c2)ncc1Br. The number of halogens is 5. The predicted octanol–water partition coefficient (Wildman–Crippen LogP) is 4.66. The summed E-state index contributed by atoms with van der Waals surface area (Å²) in [5.41, 5.74) is -0.769. The number of rotatable bonds is 3. The smallest absolute Gasteiger partial charge is 0.417 e. The highest BCUT2D eigenvalue weighted by atomic mass is 79.9. The average Bonchev–Trinajstić information content (AvgIpc) is 2.42. The number of hydrogen-bond acceptors (Lipinski definition) is 4. The molecule has 21 heavy (non-hydrogen) atoms. The van der Waals surface area contributed by atoms with Gasteiger partial charge in [-0.25, -0.2) is 4.98 Å². The van der Waals surface area contributed by atoms with Crippen molar-refractivity contribution in [2.75, 3.05) is 12.4 Å². The van der Waals surface area contributed by atoms with E-state index in [4.69, 9.17) is 16.3 Å². The molecule has 2 rings (SSSR count). The Balaban J connectivity index is 2.32. The van der Waals surface area contributed by atoms with Crippen molar-refractivity contribution < 1.29 is 17.9 Å². The van der Waals surface area contributed by atoms with Crippen LogP contribution in [0.4, 0.5) is 24.8 Å². The lowest BCUT2D eigenvalue weighted by Gasteiger charge is -2.12. The van der Waals surface area contributed by atoms with Crippen LogP contribution in [-0.4, -0.2) is 17.1 Å². The average molecular weight is 383 g/mol. The van der Waals surface area contributed by atoms with E-state index in [1.165, 1.54) is 19.4 Å². The molecule has 0 saturated heterocycles. The Morgan fingerprint density at radius 1 is 1.33 bits per heavy atom. The van der Waals surface area contributed by atoms with Crippen molar-refractivity contribution in [1.82, 2.24) is 9.97 Å². The molecule has 0 bridgehead atoms. The van der Waals surface area contributed by atoms with Gasteiger partial charge in [-0.05, 0) is 34.1 Å². The maximum atomic E-state index is 12.8. The summed E-state index contributed by atoms with van der Waals surface area (Å²) in [6, 6.07) is 3.44. The Morgan fingerprint density at radius 2 is 2.05 bits per heavy atom. The van der Waals surface area contributed by atoms with Gasteiger partial charge in [-0.2, -0.15) is 18.2 Å². The summed E-state index contributed by atoms with van der Waals surface area (Å²) in [5, 5.41) is 2.29. The Labute approximate surface area is 131 Å². The zero-order valence-corrected chi connectivity index (χ0v) is 12.8. The lowest BCUT2D eigenvalue weighted by atomic mass is 10.2. The van der Waals surface area contributed by atoms with Crippen LogP contribution in [-0.2, 0) is 6.18 Å². The Kier molecular flexibility index (Phi) is 4.58. The van der Waals surface area contributed by atoms with Gasteiger partial charge in [0.25, 0.3) is 0 Å². The number of nitrogens with zero attached hydrogens (tertiary/aromatic N) is 2. The van der Waals surface area contributed by atoms with E-state index in [2.05, 4.69) is 31.2 Å². The normalized spacial score (nSPS) is 11.3. The second kappa shape index (κ2) is 6.07. The van der Waals surface area contributed by atoms with E-state index in [1.807, 2.05) is 0 Å². The van der Waals surface area contributed by atoms with Crippen LogP contribution in [0.1, 0.15) is 5.56 Å². The highest BCUT2D eigenvalue weighted by Crippen LogP contribution is 2.36. The molecule has 0 amide bonds. The van der Waals surface area contributed by atoms with Crippen LogP contribution in [0, 0.1) is 0 Å². The molecule has 0 saturated carbocycles. The number of anilines is 2. The van der Waals surface area contributed by atoms with E-state index in [9.17, 15) is 13.2 Å². The van der Waals surface area contributed by atoms with E-state index in [0.29, 0.717) is 4.47 Å². The van der Waals surface area contributed by atoms with Crippen LogP contribution in [0.5, 0.6) is 5.88 Å². The second-order valence-electron chi connectivity index (χ2n) is 3.87. The molecular formula is C12H8BrClF3N3O. The molecule has 0 aliphatic carbocycles. The van der Waals surface area contributed by atoms with Crippen molar-refractivity contribution in [3.63, 3.8) is 0 Å². The molecule has 1 heterocycles. The Hall–Kier alpha value is -1.54. The van der Waals surface area contributed by atoms with Gasteiger partial charge in [0, 0.05) is 5.69 Å². The van der Waals surface area contributed by atoms with Crippen LogP contribution >= 0.6 is 27.5 Å². The maximum Gasteiger partial charge on any atom is 0.417 e. The molecule has 9 heteroatoms. The predicted molar refractivity (Wildman–Crippen MR) is 76.0 cm³/mol. The van der Waals surface area contributed by atoms with Crippen LogP contribution in [0.3, 0.4) is 0 Å². The number of hydrogen-bond donors (Lipinski definition) is 1. The van der Waals surface area contributed by atoms with E-state index in [1.54, 1.807) is 0 Å². The number of nitrogens with one attached hydrogen (secondary N) is 1. The van der Waals surface area contributed by atoms with Crippen LogP contribution < -0.4 is 10.1 Å². The third-order valence-corrected chi connectivity index (χ3v) is 3.31. The molecule has 0 spiro atoms. The summed E-state index contributed by atoms with van der Waals surface area (Å²) >= 11 is 8.73. The van der Waals surface area contributed by atoms with E-state index < -0.39 is 11.7 Å². The topological polar surface area (TPSA) is 47.0 Å². The first-order chi connectivity index (χ1) is 9.81. The third kappa shape index (κ3) is 3.76. The van der Waals surface area contributed by atoms with Gasteiger partial charge in [0.2, 0.25) is 11.8 Å². The molecule has 4 nitrogen and oxygen atoms in total. The summed E-state index contributed by atoms with van der Waals surface area (Å²) in [7, 11) is 1.42. The zero-order valence-electron chi connectivity index (χ0n) is 10.5. The van der Waals surface area contributed by atoms with Crippen molar-refractivity contribution in [2.45, 2.75) is 6.18 Å². The third-order valence-electron chi connectivity index (χ3n) is 2.43. The second-order valence-corrected chi connectivity index (χ2v) is 5.13. The van der Waals surface area contributed by atoms with Crippen molar-refractivity contribution in [3.8, 4) is 5.88 Å². The fourth-order valence-electron chi connectivity index (χ4n) is 1.50. The van der Waals surface area contributed by atoms with E-state index in [0.717, 1.165) is 12.1 Å². The molecule has 0 unspecified atom stereocenters. The van der Waals surface area contributed by atoms with Crippen LogP contribution in [0.15, 0.2) is 28.9 Å². The minimum Gasteiger partial charge on any atom is -0.480 e. The number of benzene rings is 1. The number of methoxy groups -OCH3 is 1. The molecule has 0 aliphatic rings. The van der Waals surface area contributed by atoms with Crippen molar-refractivity contribution >= 4 is 39.2 Å². The number of ether oxygens (including phenoxy) is 1. The highest BCUT2D eigenvalue weighted by Gasteiger charge is 2.33. The van der Waals surface area contributed by atoms with Gasteiger partial charge >= 0.3 is 6.18 Å². The van der Waals surface area contributed by atoms with Crippen molar-refractivity contribution in [2.24, 2.45) is 0 Å². The first-order valence-corrected chi connectivity index (χ1v) is 6.68. The molecule has 1 aromatic heterocycles. The summed E-state index contributed by atoms with van der Waals surface area (Å²) in [4.78, 5) is 7.93. The molecule has 0 aliphatic heterocycles. The van der Waals surface area contributed by atoms with E-state index >= 15 is 0 Å². The Bertz CT molecular complexity index is 667. The molecule has 0 atom stereocenters. The van der Waals surface area contributed by atoms with E-state index in [-0.39, 0.29) is 22.5 Å². The zero-order chi connectivity index (χ0) is 15.6. The van der Waals surface area contributed by atoms with Gasteiger partial charge in [0.05, 0.1) is 28.4 Å². The summed E-state index contributed by atoms with van der Waals surface area (Å²) in [6.45, 7) is 0. The largest absolute Gasteiger partial charge is 0.480 e. The van der Waals surface area contributed by atoms with Gasteiger partial charge in [-0.3, -0.25) is 0 Å². The number of alkyl halides is 3. The minimum absolute atomic E-state index is 0.102. The van der Waals surface area contributed by atoms with Crippen LogP contribution in [0.2, 0.25) is 5.02 Å². The monoisotopic (exact) mass is 381 g/mol. The molecule has 2 aromatic rings. The first-order valence-electron chi connectivity index (χ1n) is 5.51. The first kappa shape index (κ1) is 15.8. The maximum absolute atomic E-state index is 12.8. The molecule has 0 fully saturated rings. The lowest BCUT2D eigenvalue weighted by Crippen LogP contribution is -2.07. The minimum atomic E-state index is -4.53. The standard InChI is InChI=1S/C12H8BrClF3N3O/c1-21-10-8(13)5-18-11(20-10)19-6-2-3-9(14)7(4-6)12(15,16)17/h2-5H,1H3,(H,18,19,20). The molecule has 1 aromatic carbocycles. The summed E-state index contributed by atoms with van der Waals surface area (Å²) < 4.78 is 43.8. The van der Waals surface area contributed by atoms with Gasteiger partial charge in [-0.15, -0.1) is 0 Å². The van der Waals surface area contributed by atoms with Gasteiger partial charge in [0.15, 0.2) is 0 Å².